The van der Waals surface area contributed by atoms with E-state index in [0.717, 1.165) is 27.8 Å². The van der Waals surface area contributed by atoms with E-state index >= 15 is 0 Å². The van der Waals surface area contributed by atoms with Crippen molar-refractivity contribution in [1.82, 2.24) is 0 Å². The highest BCUT2D eigenvalue weighted by molar-refractivity contribution is 7.92. The summed E-state index contributed by atoms with van der Waals surface area (Å²) < 4.78 is 25.8. The topological polar surface area (TPSA) is 110 Å². The fourth-order valence-electron chi connectivity index (χ4n) is 3.18. The van der Waals surface area contributed by atoms with Gasteiger partial charge < -0.3 is 5.32 Å². The Kier molecular flexibility index (Phi) is 6.97. The van der Waals surface area contributed by atoms with Gasteiger partial charge in [-0.1, -0.05) is 38.1 Å². The number of hydrogen-bond donors (Lipinski definition) is 1. The predicted molar refractivity (Wildman–Crippen MR) is 114 cm³/mol. The molecule has 0 radical (unpaired) electrons. The van der Waals surface area contributed by atoms with Gasteiger partial charge in [-0.25, -0.2) is 8.42 Å². The van der Waals surface area contributed by atoms with Crippen LogP contribution < -0.4 is 9.62 Å². The lowest BCUT2D eigenvalue weighted by molar-refractivity contribution is -0.384. The zero-order valence-corrected chi connectivity index (χ0v) is 17.7. The fourth-order valence-corrected chi connectivity index (χ4v) is 4.35. The minimum Gasteiger partial charge on any atom is -0.324 e. The van der Waals surface area contributed by atoms with Crippen LogP contribution in [0.1, 0.15) is 31.9 Å². The van der Waals surface area contributed by atoms with E-state index in [2.05, 4.69) is 5.32 Å². The van der Waals surface area contributed by atoms with Crippen LogP contribution in [-0.2, 0) is 27.7 Å². The highest BCUT2D eigenvalue weighted by atomic mass is 32.2. The monoisotopic (exact) mass is 419 g/mol. The lowest BCUT2D eigenvalue weighted by Gasteiger charge is -2.28. The predicted octanol–water partition coefficient (Wildman–Crippen LogP) is 3.51. The summed E-state index contributed by atoms with van der Waals surface area (Å²) in [5.74, 6) is -0.516. The van der Waals surface area contributed by atoms with Gasteiger partial charge in [-0.05, 0) is 37.0 Å². The van der Waals surface area contributed by atoms with Crippen molar-refractivity contribution in [3.05, 3.63) is 63.7 Å². The van der Waals surface area contributed by atoms with Crippen molar-refractivity contribution >= 4 is 33.0 Å². The van der Waals surface area contributed by atoms with Gasteiger partial charge in [-0.3, -0.25) is 19.2 Å². The van der Waals surface area contributed by atoms with Gasteiger partial charge in [0.1, 0.15) is 6.04 Å². The van der Waals surface area contributed by atoms with E-state index in [4.69, 9.17) is 0 Å². The first-order valence-corrected chi connectivity index (χ1v) is 11.1. The van der Waals surface area contributed by atoms with Gasteiger partial charge in [-0.2, -0.15) is 0 Å². The molecule has 0 saturated carbocycles. The lowest BCUT2D eigenvalue weighted by Crippen LogP contribution is -2.45. The Morgan fingerprint density at radius 2 is 1.69 bits per heavy atom. The molecule has 156 valence electrons. The van der Waals surface area contributed by atoms with Gasteiger partial charge >= 0.3 is 0 Å². The number of aryl methyl sites for hydroxylation is 2. The molecule has 0 spiro atoms. The molecule has 29 heavy (non-hydrogen) atoms. The second kappa shape index (κ2) is 9.04. The summed E-state index contributed by atoms with van der Waals surface area (Å²) in [6.45, 7) is 5.40. The first kappa shape index (κ1) is 22.4. The Labute approximate surface area is 170 Å². The number of benzene rings is 2. The van der Waals surface area contributed by atoms with E-state index in [-0.39, 0.29) is 11.4 Å². The highest BCUT2D eigenvalue weighted by Crippen LogP contribution is 2.27. The van der Waals surface area contributed by atoms with Crippen LogP contribution in [0.15, 0.2) is 42.5 Å². The number of carbonyl (C=O) groups excluding carboxylic acids is 1. The lowest BCUT2D eigenvalue weighted by atomic mass is 10.0. The van der Waals surface area contributed by atoms with Crippen molar-refractivity contribution in [2.75, 3.05) is 15.9 Å². The molecule has 9 heteroatoms. The molecule has 0 fully saturated rings. The van der Waals surface area contributed by atoms with E-state index in [9.17, 15) is 23.3 Å². The maximum atomic E-state index is 13.0. The average molecular weight is 420 g/mol. The molecule has 2 aromatic rings. The summed E-state index contributed by atoms with van der Waals surface area (Å²) in [6.07, 6.45) is 2.38. The van der Waals surface area contributed by atoms with Crippen LogP contribution in [0.3, 0.4) is 0 Å². The molecule has 0 aromatic heterocycles. The largest absolute Gasteiger partial charge is 0.324 e. The molecule has 0 heterocycles. The van der Waals surface area contributed by atoms with Crippen molar-refractivity contribution in [2.45, 2.75) is 39.7 Å². The summed E-state index contributed by atoms with van der Waals surface area (Å²) in [5.41, 5.74) is 2.39. The first-order chi connectivity index (χ1) is 13.6. The molecular weight excluding hydrogens is 394 g/mol. The number of hydrogen-bond acceptors (Lipinski definition) is 5. The zero-order chi connectivity index (χ0) is 21.8. The van der Waals surface area contributed by atoms with Crippen LogP contribution >= 0.6 is 0 Å². The zero-order valence-electron chi connectivity index (χ0n) is 16.9. The molecule has 0 aliphatic rings. The third kappa shape index (κ3) is 5.11. The van der Waals surface area contributed by atoms with Crippen LogP contribution in [0.2, 0.25) is 0 Å². The number of anilines is 2. The molecule has 1 N–H and O–H groups in total. The average Bonchev–Trinajstić information content (AvgIpc) is 2.67. The van der Waals surface area contributed by atoms with E-state index in [1.54, 1.807) is 0 Å². The molecule has 2 aromatic carbocycles. The number of nitrogens with zero attached hydrogens (tertiary/aromatic N) is 2. The molecule has 0 unspecified atom stereocenters. The summed E-state index contributed by atoms with van der Waals surface area (Å²) in [4.78, 5) is 23.4. The van der Waals surface area contributed by atoms with Crippen molar-refractivity contribution in [3.63, 3.8) is 0 Å². The number of rotatable bonds is 8. The fraction of sp³-hybridized carbons (Fsp3) is 0.350. The van der Waals surface area contributed by atoms with Crippen LogP contribution in [0.5, 0.6) is 0 Å². The number of nitrogens with one attached hydrogen (secondary N) is 1. The number of non-ortho nitro benzene ring substituents is 1. The Hall–Kier alpha value is -2.94. The number of amides is 1. The Morgan fingerprint density at radius 3 is 2.17 bits per heavy atom. The number of sulfonamides is 1. The SMILES string of the molecule is CCc1cccc(CC)c1NC(=O)[C@H](C)N(c1cccc([N+](=O)[O-])c1)S(C)(=O)=O. The van der Waals surface area contributed by atoms with E-state index < -0.39 is 26.9 Å². The smallest absolute Gasteiger partial charge is 0.271 e. The summed E-state index contributed by atoms with van der Waals surface area (Å²) in [6, 6.07) is 9.85. The molecule has 0 aliphatic carbocycles. The highest BCUT2D eigenvalue weighted by Gasteiger charge is 2.30. The van der Waals surface area contributed by atoms with Gasteiger partial charge in [0.15, 0.2) is 0 Å². The number of nitro groups is 1. The van der Waals surface area contributed by atoms with Crippen LogP contribution in [0.25, 0.3) is 0 Å². The van der Waals surface area contributed by atoms with Crippen LogP contribution in [0.4, 0.5) is 17.1 Å². The third-order valence-electron chi connectivity index (χ3n) is 4.63. The van der Waals surface area contributed by atoms with Crippen molar-refractivity contribution in [1.29, 1.82) is 0 Å². The van der Waals surface area contributed by atoms with E-state index in [1.165, 1.54) is 25.1 Å². The number of nitro benzene ring substituents is 1. The van der Waals surface area contributed by atoms with Crippen molar-refractivity contribution in [2.24, 2.45) is 0 Å². The Bertz CT molecular complexity index is 998. The molecule has 2 rings (SSSR count). The molecule has 0 bridgehead atoms. The molecular formula is C20H25N3O5S. The maximum Gasteiger partial charge on any atom is 0.271 e. The molecule has 8 nitrogen and oxygen atoms in total. The van der Waals surface area contributed by atoms with E-state index in [0.29, 0.717) is 18.5 Å². The van der Waals surface area contributed by atoms with E-state index in [1.807, 2.05) is 32.0 Å². The normalized spacial score (nSPS) is 12.3. The van der Waals surface area contributed by atoms with Gasteiger partial charge in [0.05, 0.1) is 16.9 Å². The Balaban J connectivity index is 2.44. The van der Waals surface area contributed by atoms with Gasteiger partial charge in [0.2, 0.25) is 15.9 Å². The minimum absolute atomic E-state index is 0.0591. The molecule has 1 atom stereocenters. The molecule has 1 amide bonds. The molecule has 0 saturated heterocycles. The van der Waals surface area contributed by atoms with Crippen LogP contribution in [-0.4, -0.2) is 31.5 Å². The minimum atomic E-state index is -3.88. The summed E-state index contributed by atoms with van der Waals surface area (Å²) in [7, 11) is -3.88. The third-order valence-corrected chi connectivity index (χ3v) is 5.87. The maximum absolute atomic E-state index is 13.0. The Morgan fingerprint density at radius 1 is 1.14 bits per heavy atom. The summed E-state index contributed by atoms with van der Waals surface area (Å²) >= 11 is 0. The van der Waals surface area contributed by atoms with Gasteiger partial charge in [-0.15, -0.1) is 0 Å². The number of carbonyl (C=O) groups is 1. The second-order valence-corrected chi connectivity index (χ2v) is 8.52. The van der Waals surface area contributed by atoms with Gasteiger partial charge in [0.25, 0.3) is 5.69 Å². The number of para-hydroxylation sites is 1. The standard InChI is InChI=1S/C20H25N3O5S/c1-5-15-9-7-10-16(6-2)19(15)21-20(24)14(3)22(29(4,27)28)17-11-8-12-18(13-17)23(25)26/h7-14H,5-6H2,1-4H3,(H,21,24)/t14-/m0/s1. The first-order valence-electron chi connectivity index (χ1n) is 9.25. The summed E-state index contributed by atoms with van der Waals surface area (Å²) in [5, 5.41) is 13.9. The van der Waals surface area contributed by atoms with Crippen molar-refractivity contribution in [3.8, 4) is 0 Å². The second-order valence-electron chi connectivity index (χ2n) is 6.66. The van der Waals surface area contributed by atoms with Crippen LogP contribution in [0, 0.1) is 10.1 Å². The quantitative estimate of drug-likeness (QED) is 0.520. The van der Waals surface area contributed by atoms with Crippen molar-refractivity contribution < 1.29 is 18.1 Å². The molecule has 0 aliphatic heterocycles. The van der Waals surface area contributed by atoms with Gasteiger partial charge in [0, 0.05) is 17.8 Å².